The van der Waals surface area contributed by atoms with Crippen molar-refractivity contribution in [3.05, 3.63) is 35.1 Å². The molecular formula is C11H17FN2O. The largest absolute Gasteiger partial charge is 0.395 e. The first-order valence-corrected chi connectivity index (χ1v) is 4.94. The maximum atomic E-state index is 13.1. The van der Waals surface area contributed by atoms with E-state index in [-0.39, 0.29) is 19.0 Å². The van der Waals surface area contributed by atoms with E-state index in [1.807, 2.05) is 11.9 Å². The van der Waals surface area contributed by atoms with Crippen molar-refractivity contribution < 1.29 is 9.50 Å². The first-order chi connectivity index (χ1) is 7.17. The first-order valence-electron chi connectivity index (χ1n) is 4.94. The van der Waals surface area contributed by atoms with Gasteiger partial charge in [0.05, 0.1) is 6.61 Å². The van der Waals surface area contributed by atoms with E-state index in [1.165, 1.54) is 6.07 Å². The molecule has 0 aliphatic heterocycles. The monoisotopic (exact) mass is 212 g/mol. The minimum atomic E-state index is -0.258. The number of halogens is 1. The Balaban J connectivity index is 2.69. The van der Waals surface area contributed by atoms with Gasteiger partial charge >= 0.3 is 0 Å². The summed E-state index contributed by atoms with van der Waals surface area (Å²) in [5.41, 5.74) is 6.95. The molecule has 0 aliphatic rings. The van der Waals surface area contributed by atoms with E-state index in [4.69, 9.17) is 10.8 Å². The second-order valence-corrected chi connectivity index (χ2v) is 3.59. The Hall–Kier alpha value is -0.970. The average molecular weight is 212 g/mol. The van der Waals surface area contributed by atoms with Crippen molar-refractivity contribution in [2.24, 2.45) is 5.73 Å². The van der Waals surface area contributed by atoms with Crippen LogP contribution in [-0.2, 0) is 13.1 Å². The highest BCUT2D eigenvalue weighted by Gasteiger charge is 2.04. The molecule has 84 valence electrons. The molecule has 0 bridgehead atoms. The molecule has 15 heavy (non-hydrogen) atoms. The van der Waals surface area contributed by atoms with Gasteiger partial charge in [-0.1, -0.05) is 12.1 Å². The number of aliphatic hydroxyl groups is 1. The molecule has 0 amide bonds. The van der Waals surface area contributed by atoms with Crippen molar-refractivity contribution in [3.63, 3.8) is 0 Å². The lowest BCUT2D eigenvalue weighted by Gasteiger charge is -2.15. The highest BCUT2D eigenvalue weighted by atomic mass is 19.1. The molecule has 0 saturated heterocycles. The van der Waals surface area contributed by atoms with Gasteiger partial charge in [0, 0.05) is 25.2 Å². The van der Waals surface area contributed by atoms with Gasteiger partial charge in [0.25, 0.3) is 0 Å². The number of hydrogen-bond donors (Lipinski definition) is 2. The fraction of sp³-hybridized carbons (Fsp3) is 0.455. The van der Waals surface area contributed by atoms with Gasteiger partial charge in [0.2, 0.25) is 0 Å². The average Bonchev–Trinajstić information content (AvgIpc) is 2.21. The number of rotatable bonds is 5. The molecule has 1 aromatic rings. The second-order valence-electron chi connectivity index (χ2n) is 3.59. The van der Waals surface area contributed by atoms with E-state index in [0.29, 0.717) is 18.7 Å². The topological polar surface area (TPSA) is 49.5 Å². The summed E-state index contributed by atoms with van der Waals surface area (Å²) in [6, 6.07) is 4.94. The second kappa shape index (κ2) is 5.80. The summed E-state index contributed by atoms with van der Waals surface area (Å²) in [6.07, 6.45) is 0. The van der Waals surface area contributed by atoms with Crippen molar-refractivity contribution in [2.75, 3.05) is 20.2 Å². The van der Waals surface area contributed by atoms with Crippen molar-refractivity contribution in [3.8, 4) is 0 Å². The van der Waals surface area contributed by atoms with Crippen LogP contribution in [0.15, 0.2) is 18.2 Å². The zero-order valence-electron chi connectivity index (χ0n) is 8.91. The molecule has 0 saturated carbocycles. The number of likely N-dealkylation sites (N-methyl/N-ethyl adjacent to an activating group) is 1. The van der Waals surface area contributed by atoms with Crippen LogP contribution in [0.4, 0.5) is 4.39 Å². The Kier molecular flexibility index (Phi) is 4.68. The Bertz CT molecular complexity index is 317. The molecule has 0 aromatic heterocycles. The highest BCUT2D eigenvalue weighted by Crippen LogP contribution is 2.11. The van der Waals surface area contributed by atoms with Crippen molar-refractivity contribution in [1.82, 2.24) is 4.90 Å². The Morgan fingerprint density at radius 2 is 2.20 bits per heavy atom. The van der Waals surface area contributed by atoms with Crippen LogP contribution in [0.2, 0.25) is 0 Å². The molecule has 0 radical (unpaired) electrons. The predicted molar refractivity (Wildman–Crippen MR) is 57.7 cm³/mol. The van der Waals surface area contributed by atoms with Gasteiger partial charge in [0.15, 0.2) is 0 Å². The van der Waals surface area contributed by atoms with Crippen LogP contribution in [0.25, 0.3) is 0 Å². The molecule has 0 unspecified atom stereocenters. The molecule has 0 atom stereocenters. The molecular weight excluding hydrogens is 195 g/mol. The van der Waals surface area contributed by atoms with E-state index >= 15 is 0 Å². The summed E-state index contributed by atoms with van der Waals surface area (Å²) in [7, 11) is 1.90. The zero-order chi connectivity index (χ0) is 11.3. The molecule has 0 heterocycles. The summed E-state index contributed by atoms with van der Waals surface area (Å²) in [4.78, 5) is 1.97. The highest BCUT2D eigenvalue weighted by molar-refractivity contribution is 5.24. The minimum Gasteiger partial charge on any atom is -0.395 e. The zero-order valence-corrected chi connectivity index (χ0v) is 8.91. The molecule has 3 nitrogen and oxygen atoms in total. The third-order valence-corrected chi connectivity index (χ3v) is 2.26. The number of hydrogen-bond acceptors (Lipinski definition) is 3. The van der Waals surface area contributed by atoms with Gasteiger partial charge in [-0.25, -0.2) is 4.39 Å². The van der Waals surface area contributed by atoms with Crippen LogP contribution < -0.4 is 5.73 Å². The molecule has 4 heteroatoms. The number of benzene rings is 1. The summed E-state index contributed by atoms with van der Waals surface area (Å²) >= 11 is 0. The van der Waals surface area contributed by atoms with E-state index < -0.39 is 0 Å². The van der Waals surface area contributed by atoms with Crippen LogP contribution >= 0.6 is 0 Å². The van der Waals surface area contributed by atoms with Crippen LogP contribution in [0.3, 0.4) is 0 Å². The fourth-order valence-corrected chi connectivity index (χ4v) is 1.44. The van der Waals surface area contributed by atoms with E-state index in [1.54, 1.807) is 12.1 Å². The Morgan fingerprint density at radius 1 is 1.47 bits per heavy atom. The van der Waals surface area contributed by atoms with Gasteiger partial charge < -0.3 is 10.8 Å². The lowest BCUT2D eigenvalue weighted by Crippen LogP contribution is -2.21. The van der Waals surface area contributed by atoms with Crippen LogP contribution in [-0.4, -0.2) is 30.2 Å². The fourth-order valence-electron chi connectivity index (χ4n) is 1.44. The molecule has 0 aliphatic carbocycles. The molecule has 1 rings (SSSR count). The number of nitrogens with two attached hydrogens (primary N) is 1. The predicted octanol–water partition coefficient (Wildman–Crippen LogP) is 0.708. The van der Waals surface area contributed by atoms with Gasteiger partial charge in [-0.2, -0.15) is 0 Å². The van der Waals surface area contributed by atoms with Gasteiger partial charge in [-0.15, -0.1) is 0 Å². The van der Waals surface area contributed by atoms with Gasteiger partial charge in [-0.05, 0) is 18.7 Å². The number of nitrogens with zero attached hydrogens (tertiary/aromatic N) is 1. The van der Waals surface area contributed by atoms with Crippen LogP contribution in [0, 0.1) is 5.82 Å². The summed E-state index contributed by atoms with van der Waals surface area (Å²) < 4.78 is 13.1. The lowest BCUT2D eigenvalue weighted by atomic mass is 10.1. The normalized spacial score (nSPS) is 11.0. The molecule has 0 fully saturated rings. The SMILES string of the molecule is CN(CCO)Cc1ccc(F)c(CN)c1. The molecule has 1 aromatic carbocycles. The minimum absolute atomic E-state index is 0.126. The first kappa shape index (κ1) is 12.1. The Labute approximate surface area is 89.3 Å². The maximum absolute atomic E-state index is 13.1. The van der Waals surface area contributed by atoms with Crippen molar-refractivity contribution >= 4 is 0 Å². The van der Waals surface area contributed by atoms with Gasteiger partial charge in [-0.3, -0.25) is 4.90 Å². The molecule has 0 spiro atoms. The molecule has 3 N–H and O–H groups in total. The lowest BCUT2D eigenvalue weighted by molar-refractivity contribution is 0.217. The standard InChI is InChI=1S/C11H17FN2O/c1-14(4-5-15)8-9-2-3-11(12)10(6-9)7-13/h2-3,6,15H,4-5,7-8,13H2,1H3. The smallest absolute Gasteiger partial charge is 0.127 e. The van der Waals surface area contributed by atoms with E-state index in [9.17, 15) is 4.39 Å². The quantitative estimate of drug-likeness (QED) is 0.755. The maximum Gasteiger partial charge on any atom is 0.127 e. The van der Waals surface area contributed by atoms with E-state index in [0.717, 1.165) is 5.56 Å². The summed E-state index contributed by atoms with van der Waals surface area (Å²) in [6.45, 7) is 1.63. The van der Waals surface area contributed by atoms with Crippen LogP contribution in [0.1, 0.15) is 11.1 Å². The van der Waals surface area contributed by atoms with E-state index in [2.05, 4.69) is 0 Å². The Morgan fingerprint density at radius 3 is 2.80 bits per heavy atom. The van der Waals surface area contributed by atoms with Crippen molar-refractivity contribution in [2.45, 2.75) is 13.1 Å². The third kappa shape index (κ3) is 3.58. The third-order valence-electron chi connectivity index (χ3n) is 2.26. The summed E-state index contributed by atoms with van der Waals surface area (Å²) in [5.74, 6) is -0.258. The number of aliphatic hydroxyl groups excluding tert-OH is 1. The summed E-state index contributed by atoms with van der Waals surface area (Å²) in [5, 5.41) is 8.74. The van der Waals surface area contributed by atoms with Gasteiger partial charge in [0.1, 0.15) is 5.82 Å². The van der Waals surface area contributed by atoms with Crippen LogP contribution in [0.5, 0.6) is 0 Å². The van der Waals surface area contributed by atoms with Crippen molar-refractivity contribution in [1.29, 1.82) is 0 Å².